The standard InChI is InChI=1S/C15H19ClN2/c1-2-18-12-11-17-15(18)10-6-9-14(16)13-7-4-3-5-8-13/h3-5,7-8,11-12,14H,2,6,9-10H2,1H3. The summed E-state index contributed by atoms with van der Waals surface area (Å²) in [4.78, 5) is 4.38. The van der Waals surface area contributed by atoms with Crippen LogP contribution in [-0.4, -0.2) is 9.55 Å². The summed E-state index contributed by atoms with van der Waals surface area (Å²) in [6.45, 7) is 3.12. The van der Waals surface area contributed by atoms with E-state index in [2.05, 4.69) is 28.6 Å². The van der Waals surface area contributed by atoms with E-state index in [1.165, 1.54) is 5.56 Å². The number of imidazole rings is 1. The second kappa shape index (κ2) is 6.60. The Bertz CT molecular complexity index is 464. The van der Waals surface area contributed by atoms with Gasteiger partial charge in [0, 0.05) is 25.4 Å². The molecule has 1 aromatic heterocycles. The highest BCUT2D eigenvalue weighted by atomic mass is 35.5. The average Bonchev–Trinajstić information content (AvgIpc) is 2.87. The molecule has 18 heavy (non-hydrogen) atoms. The normalized spacial score (nSPS) is 12.6. The number of hydrogen-bond acceptors (Lipinski definition) is 1. The average molecular weight is 263 g/mol. The first kappa shape index (κ1) is 13.2. The third-order valence-corrected chi connectivity index (χ3v) is 3.63. The molecule has 2 aromatic rings. The predicted molar refractivity (Wildman–Crippen MR) is 75.9 cm³/mol. The second-order valence-corrected chi connectivity index (χ2v) is 4.93. The largest absolute Gasteiger partial charge is 0.335 e. The third kappa shape index (κ3) is 3.36. The van der Waals surface area contributed by atoms with Gasteiger partial charge >= 0.3 is 0 Å². The highest BCUT2D eigenvalue weighted by Gasteiger charge is 2.08. The van der Waals surface area contributed by atoms with Gasteiger partial charge in [-0.3, -0.25) is 0 Å². The van der Waals surface area contributed by atoms with Gasteiger partial charge in [0.15, 0.2) is 0 Å². The molecular weight excluding hydrogens is 244 g/mol. The Hall–Kier alpha value is -1.28. The first-order valence-corrected chi connectivity index (χ1v) is 6.94. The lowest BCUT2D eigenvalue weighted by molar-refractivity contribution is 0.640. The van der Waals surface area contributed by atoms with Crippen LogP contribution in [0.2, 0.25) is 0 Å². The number of rotatable bonds is 6. The predicted octanol–water partition coefficient (Wildman–Crippen LogP) is 4.21. The summed E-state index contributed by atoms with van der Waals surface area (Å²) in [5, 5.41) is 0.108. The number of hydrogen-bond donors (Lipinski definition) is 0. The Morgan fingerprint density at radius 1 is 1.28 bits per heavy atom. The summed E-state index contributed by atoms with van der Waals surface area (Å²) in [6, 6.07) is 10.3. The summed E-state index contributed by atoms with van der Waals surface area (Å²) >= 11 is 6.39. The van der Waals surface area contributed by atoms with E-state index in [1.54, 1.807) is 0 Å². The van der Waals surface area contributed by atoms with Crippen LogP contribution in [0.25, 0.3) is 0 Å². The van der Waals surface area contributed by atoms with E-state index in [0.29, 0.717) is 0 Å². The summed E-state index contributed by atoms with van der Waals surface area (Å²) in [5.41, 5.74) is 1.21. The van der Waals surface area contributed by atoms with Crippen molar-refractivity contribution in [3.63, 3.8) is 0 Å². The van der Waals surface area contributed by atoms with E-state index in [-0.39, 0.29) is 5.38 Å². The fourth-order valence-corrected chi connectivity index (χ4v) is 2.42. The van der Waals surface area contributed by atoms with Gasteiger partial charge in [-0.1, -0.05) is 30.3 Å². The van der Waals surface area contributed by atoms with Crippen molar-refractivity contribution in [2.45, 2.75) is 38.1 Å². The Labute approximate surface area is 114 Å². The molecule has 0 N–H and O–H groups in total. The lowest BCUT2D eigenvalue weighted by atomic mass is 10.1. The smallest absolute Gasteiger partial charge is 0.108 e. The van der Waals surface area contributed by atoms with Crippen LogP contribution < -0.4 is 0 Å². The molecule has 0 spiro atoms. The van der Waals surface area contributed by atoms with Gasteiger partial charge in [-0.05, 0) is 25.3 Å². The van der Waals surface area contributed by atoms with Gasteiger partial charge in [0.1, 0.15) is 5.82 Å². The zero-order valence-corrected chi connectivity index (χ0v) is 11.5. The molecular formula is C15H19ClN2. The summed E-state index contributed by atoms with van der Waals surface area (Å²) in [7, 11) is 0. The maximum Gasteiger partial charge on any atom is 0.108 e. The van der Waals surface area contributed by atoms with Gasteiger partial charge in [-0.15, -0.1) is 11.6 Å². The maximum atomic E-state index is 6.39. The van der Waals surface area contributed by atoms with Crippen molar-refractivity contribution in [3.8, 4) is 0 Å². The number of aryl methyl sites for hydroxylation is 2. The molecule has 1 heterocycles. The monoisotopic (exact) mass is 262 g/mol. The highest BCUT2D eigenvalue weighted by Crippen LogP contribution is 2.25. The van der Waals surface area contributed by atoms with Gasteiger partial charge < -0.3 is 4.57 Å². The molecule has 1 unspecified atom stereocenters. The minimum absolute atomic E-state index is 0.108. The van der Waals surface area contributed by atoms with Crippen LogP contribution in [0.1, 0.15) is 36.5 Å². The molecule has 1 atom stereocenters. The summed E-state index contributed by atoms with van der Waals surface area (Å²) in [6.07, 6.45) is 6.96. The van der Waals surface area contributed by atoms with Crippen LogP contribution in [0.15, 0.2) is 42.7 Å². The SMILES string of the molecule is CCn1ccnc1CCCC(Cl)c1ccccc1. The van der Waals surface area contributed by atoms with E-state index in [9.17, 15) is 0 Å². The zero-order valence-electron chi connectivity index (χ0n) is 10.7. The Kier molecular flexibility index (Phi) is 4.82. The van der Waals surface area contributed by atoms with E-state index >= 15 is 0 Å². The van der Waals surface area contributed by atoms with E-state index in [1.807, 2.05) is 30.6 Å². The molecule has 0 fully saturated rings. The topological polar surface area (TPSA) is 17.8 Å². The summed E-state index contributed by atoms with van der Waals surface area (Å²) in [5.74, 6) is 1.16. The van der Waals surface area contributed by atoms with Crippen molar-refractivity contribution < 1.29 is 0 Å². The Morgan fingerprint density at radius 3 is 2.78 bits per heavy atom. The summed E-state index contributed by atoms with van der Waals surface area (Å²) < 4.78 is 2.19. The van der Waals surface area contributed by atoms with Crippen molar-refractivity contribution in [1.29, 1.82) is 0 Å². The van der Waals surface area contributed by atoms with Gasteiger partial charge in [0.25, 0.3) is 0 Å². The minimum atomic E-state index is 0.108. The van der Waals surface area contributed by atoms with Crippen LogP contribution in [0.4, 0.5) is 0 Å². The minimum Gasteiger partial charge on any atom is -0.335 e. The van der Waals surface area contributed by atoms with Crippen molar-refractivity contribution in [2.24, 2.45) is 0 Å². The molecule has 2 rings (SSSR count). The molecule has 0 amide bonds. The number of nitrogens with zero attached hydrogens (tertiary/aromatic N) is 2. The fourth-order valence-electron chi connectivity index (χ4n) is 2.12. The van der Waals surface area contributed by atoms with Crippen molar-refractivity contribution >= 4 is 11.6 Å². The van der Waals surface area contributed by atoms with Gasteiger partial charge in [0.2, 0.25) is 0 Å². The van der Waals surface area contributed by atoms with Gasteiger partial charge in [0.05, 0.1) is 5.38 Å². The maximum absolute atomic E-state index is 6.39. The second-order valence-electron chi connectivity index (χ2n) is 4.40. The molecule has 96 valence electrons. The number of aromatic nitrogens is 2. The van der Waals surface area contributed by atoms with Crippen LogP contribution in [0.5, 0.6) is 0 Å². The first-order valence-electron chi connectivity index (χ1n) is 6.50. The van der Waals surface area contributed by atoms with Crippen LogP contribution in [0.3, 0.4) is 0 Å². The molecule has 0 aliphatic carbocycles. The van der Waals surface area contributed by atoms with Crippen molar-refractivity contribution in [2.75, 3.05) is 0 Å². The number of alkyl halides is 1. The van der Waals surface area contributed by atoms with Crippen LogP contribution in [0, 0.1) is 0 Å². The molecule has 2 nitrogen and oxygen atoms in total. The van der Waals surface area contributed by atoms with E-state index in [0.717, 1.165) is 31.6 Å². The van der Waals surface area contributed by atoms with Crippen molar-refractivity contribution in [3.05, 3.63) is 54.1 Å². The molecule has 0 saturated carbocycles. The molecule has 0 aliphatic heterocycles. The fraction of sp³-hybridized carbons (Fsp3) is 0.400. The molecule has 0 aliphatic rings. The third-order valence-electron chi connectivity index (χ3n) is 3.16. The molecule has 3 heteroatoms. The van der Waals surface area contributed by atoms with Gasteiger partial charge in [-0.25, -0.2) is 4.98 Å². The molecule has 0 radical (unpaired) electrons. The molecule has 1 aromatic carbocycles. The first-order chi connectivity index (χ1) is 8.81. The number of benzene rings is 1. The Morgan fingerprint density at radius 2 is 2.06 bits per heavy atom. The lowest BCUT2D eigenvalue weighted by Gasteiger charge is -2.10. The Balaban J connectivity index is 1.82. The van der Waals surface area contributed by atoms with Crippen LogP contribution >= 0.6 is 11.6 Å². The number of halogens is 1. The molecule has 0 bridgehead atoms. The highest BCUT2D eigenvalue weighted by molar-refractivity contribution is 6.20. The van der Waals surface area contributed by atoms with Gasteiger partial charge in [-0.2, -0.15) is 0 Å². The zero-order chi connectivity index (χ0) is 12.8. The van der Waals surface area contributed by atoms with E-state index in [4.69, 9.17) is 11.6 Å². The van der Waals surface area contributed by atoms with Crippen molar-refractivity contribution in [1.82, 2.24) is 9.55 Å². The molecule has 0 saturated heterocycles. The van der Waals surface area contributed by atoms with Crippen LogP contribution in [-0.2, 0) is 13.0 Å². The van der Waals surface area contributed by atoms with E-state index < -0.39 is 0 Å². The quantitative estimate of drug-likeness (QED) is 0.713. The lowest BCUT2D eigenvalue weighted by Crippen LogP contribution is -2.01.